The number of carboxylic acid groups (broad SMARTS) is 1. The van der Waals surface area contributed by atoms with Gasteiger partial charge in [0.05, 0.1) is 0 Å². The van der Waals surface area contributed by atoms with Crippen LogP contribution in [0.25, 0.3) is 0 Å². The van der Waals surface area contributed by atoms with Crippen LogP contribution in [0.15, 0.2) is 0 Å². The van der Waals surface area contributed by atoms with Gasteiger partial charge in [0.15, 0.2) is 0 Å². The Morgan fingerprint density at radius 3 is 2.60 bits per heavy atom. The van der Waals surface area contributed by atoms with Gasteiger partial charge in [-0.1, -0.05) is 0 Å². The van der Waals surface area contributed by atoms with Gasteiger partial charge in [-0.15, -0.1) is 0 Å². The molecule has 7 heteroatoms. The lowest BCUT2D eigenvalue weighted by atomic mass is 9.94. The number of piperidine rings is 2. The first-order valence-corrected chi connectivity index (χ1v) is 7.11. The molecule has 20 heavy (non-hydrogen) atoms. The van der Waals surface area contributed by atoms with Crippen molar-refractivity contribution in [3.8, 4) is 0 Å². The Labute approximate surface area is 117 Å². The summed E-state index contributed by atoms with van der Waals surface area (Å²) >= 11 is 0. The molecular weight excluding hydrogens is 262 g/mol. The number of rotatable bonds is 3. The van der Waals surface area contributed by atoms with Crippen molar-refractivity contribution in [3.05, 3.63) is 0 Å². The number of aliphatic carboxylic acids is 1. The van der Waals surface area contributed by atoms with Crippen molar-refractivity contribution in [3.63, 3.8) is 0 Å². The number of carbonyl (C=O) groups excluding carboxylic acids is 2. The minimum atomic E-state index is -0.785. The lowest BCUT2D eigenvalue weighted by molar-refractivity contribution is -0.138. The molecule has 2 heterocycles. The van der Waals surface area contributed by atoms with Crippen LogP contribution >= 0.6 is 0 Å². The van der Waals surface area contributed by atoms with Crippen LogP contribution in [0.5, 0.6) is 0 Å². The van der Waals surface area contributed by atoms with E-state index in [1.807, 2.05) is 0 Å². The molecule has 0 saturated carbocycles. The molecule has 2 saturated heterocycles. The molecule has 112 valence electrons. The normalized spacial score (nSPS) is 24.1. The maximum absolute atomic E-state index is 12.1. The van der Waals surface area contributed by atoms with Gasteiger partial charge in [-0.05, 0) is 31.6 Å². The Balaban J connectivity index is 1.76. The maximum atomic E-state index is 12.1. The number of hydrogen-bond donors (Lipinski definition) is 3. The molecule has 1 atom stereocenters. The van der Waals surface area contributed by atoms with Gasteiger partial charge in [0, 0.05) is 26.1 Å². The molecule has 0 radical (unpaired) electrons. The second-order valence-electron chi connectivity index (χ2n) is 5.46. The van der Waals surface area contributed by atoms with Crippen molar-refractivity contribution in [2.45, 2.75) is 38.1 Å². The first-order valence-electron chi connectivity index (χ1n) is 7.11. The largest absolute Gasteiger partial charge is 0.481 e. The Bertz CT molecular complexity index is 391. The number of amides is 3. The van der Waals surface area contributed by atoms with Crippen LogP contribution in [-0.4, -0.2) is 53.6 Å². The zero-order valence-electron chi connectivity index (χ0n) is 11.4. The first kappa shape index (κ1) is 14.6. The number of nitrogens with zero attached hydrogens (tertiary/aromatic N) is 1. The third-order valence-electron chi connectivity index (χ3n) is 3.95. The molecule has 0 aliphatic carbocycles. The van der Waals surface area contributed by atoms with Crippen LogP contribution in [0.3, 0.4) is 0 Å². The molecule has 2 fully saturated rings. The van der Waals surface area contributed by atoms with Gasteiger partial charge in [0.25, 0.3) is 0 Å². The minimum absolute atomic E-state index is 0.120. The number of nitrogens with one attached hydrogen (secondary N) is 2. The van der Waals surface area contributed by atoms with E-state index in [0.29, 0.717) is 38.9 Å². The van der Waals surface area contributed by atoms with E-state index in [9.17, 15) is 14.4 Å². The molecule has 0 aromatic heterocycles. The van der Waals surface area contributed by atoms with Crippen LogP contribution in [0.1, 0.15) is 32.1 Å². The number of carbonyl (C=O) groups is 3. The zero-order valence-corrected chi connectivity index (χ0v) is 11.4. The predicted molar refractivity (Wildman–Crippen MR) is 71.1 cm³/mol. The summed E-state index contributed by atoms with van der Waals surface area (Å²) in [7, 11) is 0. The van der Waals surface area contributed by atoms with Gasteiger partial charge in [-0.25, -0.2) is 4.79 Å². The van der Waals surface area contributed by atoms with E-state index in [2.05, 4.69) is 10.6 Å². The first-order chi connectivity index (χ1) is 9.56. The van der Waals surface area contributed by atoms with E-state index in [1.54, 1.807) is 4.90 Å². The van der Waals surface area contributed by atoms with Crippen molar-refractivity contribution in [1.82, 2.24) is 15.5 Å². The fraction of sp³-hybridized carbons (Fsp3) is 0.769. The minimum Gasteiger partial charge on any atom is -0.481 e. The van der Waals surface area contributed by atoms with Crippen LogP contribution in [0.4, 0.5) is 4.79 Å². The summed E-state index contributed by atoms with van der Waals surface area (Å²) in [6.45, 7) is 1.78. The summed E-state index contributed by atoms with van der Waals surface area (Å²) < 4.78 is 0. The van der Waals surface area contributed by atoms with E-state index in [4.69, 9.17) is 5.11 Å². The van der Waals surface area contributed by atoms with Crippen LogP contribution < -0.4 is 10.6 Å². The van der Waals surface area contributed by atoms with Crippen molar-refractivity contribution < 1.29 is 19.5 Å². The molecule has 7 nitrogen and oxygen atoms in total. The van der Waals surface area contributed by atoms with Gasteiger partial charge in [0.1, 0.15) is 6.04 Å². The monoisotopic (exact) mass is 283 g/mol. The summed E-state index contributed by atoms with van der Waals surface area (Å²) in [6.07, 6.45) is 3.12. The summed E-state index contributed by atoms with van der Waals surface area (Å²) in [5, 5.41) is 14.2. The molecule has 1 unspecified atom stereocenters. The highest BCUT2D eigenvalue weighted by Crippen LogP contribution is 2.20. The van der Waals surface area contributed by atoms with Crippen molar-refractivity contribution >= 4 is 17.9 Å². The van der Waals surface area contributed by atoms with Crippen LogP contribution in [0, 0.1) is 5.92 Å². The van der Waals surface area contributed by atoms with Gasteiger partial charge in [-0.2, -0.15) is 0 Å². The third kappa shape index (κ3) is 3.85. The Morgan fingerprint density at radius 2 is 2.00 bits per heavy atom. The SMILES string of the molecule is O=C(O)CC1CCN(C(=O)NC2CCCNC2=O)CC1. The molecule has 3 N–H and O–H groups in total. The smallest absolute Gasteiger partial charge is 0.318 e. The molecule has 3 amide bonds. The molecule has 2 aliphatic rings. The van der Waals surface area contributed by atoms with E-state index in [1.165, 1.54) is 0 Å². The van der Waals surface area contributed by atoms with Crippen LogP contribution in [0.2, 0.25) is 0 Å². The number of carboxylic acids is 1. The highest BCUT2D eigenvalue weighted by molar-refractivity contribution is 5.87. The summed E-state index contributed by atoms with van der Waals surface area (Å²) in [4.78, 5) is 35.9. The topological polar surface area (TPSA) is 98.7 Å². The molecule has 0 aromatic rings. The number of hydrogen-bond acceptors (Lipinski definition) is 3. The fourth-order valence-electron chi connectivity index (χ4n) is 2.74. The average molecular weight is 283 g/mol. The summed E-state index contributed by atoms with van der Waals surface area (Å²) in [6, 6.07) is -0.659. The molecule has 2 aliphatic heterocycles. The number of likely N-dealkylation sites (tertiary alicyclic amines) is 1. The fourth-order valence-corrected chi connectivity index (χ4v) is 2.74. The highest BCUT2D eigenvalue weighted by atomic mass is 16.4. The second-order valence-corrected chi connectivity index (χ2v) is 5.46. The van der Waals surface area contributed by atoms with Gasteiger partial charge in [0.2, 0.25) is 5.91 Å². The van der Waals surface area contributed by atoms with E-state index in [0.717, 1.165) is 6.42 Å². The third-order valence-corrected chi connectivity index (χ3v) is 3.95. The Hall–Kier alpha value is -1.79. The van der Waals surface area contributed by atoms with Gasteiger partial charge in [-0.3, -0.25) is 9.59 Å². The summed E-state index contributed by atoms with van der Waals surface area (Å²) in [5.41, 5.74) is 0. The predicted octanol–water partition coefficient (Wildman–Crippen LogP) is 0.161. The van der Waals surface area contributed by atoms with Crippen molar-refractivity contribution in [1.29, 1.82) is 0 Å². The summed E-state index contributed by atoms with van der Waals surface area (Å²) in [5.74, 6) is -0.758. The second kappa shape index (κ2) is 6.58. The van der Waals surface area contributed by atoms with E-state index >= 15 is 0 Å². The van der Waals surface area contributed by atoms with Crippen molar-refractivity contribution in [2.75, 3.05) is 19.6 Å². The van der Waals surface area contributed by atoms with E-state index < -0.39 is 12.0 Å². The molecule has 2 rings (SSSR count). The zero-order chi connectivity index (χ0) is 14.5. The maximum Gasteiger partial charge on any atom is 0.318 e. The lowest BCUT2D eigenvalue weighted by Gasteiger charge is -2.33. The Morgan fingerprint density at radius 1 is 1.30 bits per heavy atom. The standard InChI is InChI=1S/C13H21N3O4/c17-11(18)8-9-3-6-16(7-4-9)13(20)15-10-2-1-5-14-12(10)19/h9-10H,1-8H2,(H,14,19)(H,15,20)(H,17,18). The Kier molecular flexibility index (Phi) is 4.81. The molecular formula is C13H21N3O4. The molecule has 0 spiro atoms. The van der Waals surface area contributed by atoms with Gasteiger partial charge < -0.3 is 20.6 Å². The lowest BCUT2D eigenvalue weighted by Crippen LogP contribution is -2.54. The number of urea groups is 1. The van der Waals surface area contributed by atoms with Crippen LogP contribution in [-0.2, 0) is 9.59 Å². The quantitative estimate of drug-likeness (QED) is 0.687. The van der Waals surface area contributed by atoms with Crippen molar-refractivity contribution in [2.24, 2.45) is 5.92 Å². The van der Waals surface area contributed by atoms with Gasteiger partial charge >= 0.3 is 12.0 Å². The molecule has 0 aromatic carbocycles. The average Bonchev–Trinajstić information content (AvgIpc) is 2.41. The van der Waals surface area contributed by atoms with E-state index in [-0.39, 0.29) is 24.3 Å². The highest BCUT2D eigenvalue weighted by Gasteiger charge is 2.28. The molecule has 0 bridgehead atoms.